The molecule has 3 aromatic carbocycles. The summed E-state index contributed by atoms with van der Waals surface area (Å²) in [6.45, 7) is 7.69. The lowest BCUT2D eigenvalue weighted by molar-refractivity contribution is -0.120. The highest BCUT2D eigenvalue weighted by Crippen LogP contribution is 2.31. The first-order chi connectivity index (χ1) is 16.1. The predicted octanol–water partition coefficient (Wildman–Crippen LogP) is 5.61. The second-order valence-electron chi connectivity index (χ2n) is 8.46. The molecule has 0 aliphatic carbocycles. The summed E-state index contributed by atoms with van der Waals surface area (Å²) < 4.78 is 0. The van der Waals surface area contributed by atoms with Gasteiger partial charge in [-0.2, -0.15) is 0 Å². The number of hydrogen-bond donors (Lipinski definition) is 2. The number of hydrogen-bond acceptors (Lipinski definition) is 4. The third kappa shape index (κ3) is 4.58. The number of nitrogens with one attached hydrogen (secondary N) is 2. The molecule has 0 saturated carbocycles. The van der Waals surface area contributed by atoms with E-state index >= 15 is 0 Å². The van der Waals surface area contributed by atoms with Gasteiger partial charge in [-0.25, -0.2) is 4.90 Å². The fourth-order valence-electron chi connectivity index (χ4n) is 3.82. The van der Waals surface area contributed by atoms with Crippen LogP contribution in [-0.4, -0.2) is 17.7 Å². The fraction of sp³-hybridized carbons (Fsp3) is 0.148. The zero-order valence-corrected chi connectivity index (χ0v) is 20.1. The van der Waals surface area contributed by atoms with Gasteiger partial charge in [-0.05, 0) is 80.8 Å². The maximum Gasteiger partial charge on any atom is 0.283 e. The first-order valence-electron chi connectivity index (χ1n) is 10.8. The van der Waals surface area contributed by atoms with Crippen LogP contribution in [0.1, 0.15) is 32.6 Å². The normalized spacial score (nSPS) is 13.5. The highest BCUT2D eigenvalue weighted by Gasteiger charge is 2.39. The highest BCUT2D eigenvalue weighted by atomic mass is 35.5. The molecule has 0 aromatic heterocycles. The molecule has 34 heavy (non-hydrogen) atoms. The monoisotopic (exact) mass is 473 g/mol. The minimum absolute atomic E-state index is 0.0257. The van der Waals surface area contributed by atoms with Crippen molar-refractivity contribution < 1.29 is 14.4 Å². The summed E-state index contributed by atoms with van der Waals surface area (Å²) in [5.74, 6) is -1.44. The molecule has 3 aromatic rings. The van der Waals surface area contributed by atoms with Crippen LogP contribution in [0.3, 0.4) is 0 Å². The summed E-state index contributed by atoms with van der Waals surface area (Å²) in [6.07, 6.45) is 0. The average Bonchev–Trinajstić information content (AvgIpc) is 2.98. The molecule has 0 atom stereocenters. The van der Waals surface area contributed by atoms with Crippen LogP contribution in [0.15, 0.2) is 71.4 Å². The molecule has 0 fully saturated rings. The number of carbonyl (C=O) groups excluding carboxylic acids is 3. The van der Waals surface area contributed by atoms with Gasteiger partial charge in [0.25, 0.3) is 17.7 Å². The number of anilines is 3. The second-order valence-corrected chi connectivity index (χ2v) is 8.83. The molecule has 6 nitrogen and oxygen atoms in total. The number of aryl methyl sites for hydroxylation is 4. The van der Waals surface area contributed by atoms with E-state index in [1.165, 1.54) is 0 Å². The van der Waals surface area contributed by atoms with Gasteiger partial charge >= 0.3 is 0 Å². The zero-order chi connectivity index (χ0) is 24.6. The number of benzene rings is 3. The Morgan fingerprint density at radius 2 is 1.44 bits per heavy atom. The van der Waals surface area contributed by atoms with Crippen LogP contribution in [0, 0.1) is 27.7 Å². The van der Waals surface area contributed by atoms with Gasteiger partial charge in [0.1, 0.15) is 10.7 Å². The molecule has 4 rings (SSSR count). The van der Waals surface area contributed by atoms with Gasteiger partial charge in [-0.3, -0.25) is 14.4 Å². The van der Waals surface area contributed by atoms with Crippen LogP contribution in [0.5, 0.6) is 0 Å². The minimum Gasteiger partial charge on any atom is -0.349 e. The quantitative estimate of drug-likeness (QED) is 0.472. The van der Waals surface area contributed by atoms with Crippen molar-refractivity contribution in [1.82, 2.24) is 0 Å². The van der Waals surface area contributed by atoms with E-state index in [4.69, 9.17) is 11.6 Å². The summed E-state index contributed by atoms with van der Waals surface area (Å²) in [5.41, 5.74) is 5.91. The topological polar surface area (TPSA) is 78.5 Å². The van der Waals surface area contributed by atoms with Crippen LogP contribution in [-0.2, 0) is 9.59 Å². The maximum absolute atomic E-state index is 13.1. The van der Waals surface area contributed by atoms with Gasteiger partial charge in [0, 0.05) is 16.9 Å². The molecule has 0 unspecified atom stereocenters. The van der Waals surface area contributed by atoms with Gasteiger partial charge in [0.05, 0.1) is 5.69 Å². The van der Waals surface area contributed by atoms with Crippen LogP contribution in [0.4, 0.5) is 17.1 Å². The van der Waals surface area contributed by atoms with E-state index in [1.54, 1.807) is 30.3 Å². The first kappa shape index (κ1) is 23.3. The Bertz CT molecular complexity index is 1340. The Kier molecular flexibility index (Phi) is 6.26. The van der Waals surface area contributed by atoms with Crippen molar-refractivity contribution in [1.29, 1.82) is 0 Å². The first-order valence-corrected chi connectivity index (χ1v) is 11.1. The van der Waals surface area contributed by atoms with Crippen molar-refractivity contribution in [3.63, 3.8) is 0 Å². The summed E-state index contributed by atoms with van der Waals surface area (Å²) >= 11 is 6.27. The molecule has 2 N–H and O–H groups in total. The van der Waals surface area contributed by atoms with Crippen molar-refractivity contribution in [2.45, 2.75) is 27.7 Å². The van der Waals surface area contributed by atoms with Crippen molar-refractivity contribution in [3.8, 4) is 0 Å². The highest BCUT2D eigenvalue weighted by molar-refractivity contribution is 6.53. The van der Waals surface area contributed by atoms with Gasteiger partial charge in [0.15, 0.2) is 0 Å². The number of halogens is 1. The minimum atomic E-state index is -0.598. The molecule has 0 saturated heterocycles. The van der Waals surface area contributed by atoms with Gasteiger partial charge in [-0.15, -0.1) is 0 Å². The van der Waals surface area contributed by atoms with Gasteiger partial charge < -0.3 is 10.6 Å². The summed E-state index contributed by atoms with van der Waals surface area (Å²) in [6, 6.07) is 18.0. The molecule has 3 amide bonds. The standard InChI is InChI=1S/C27H24ClN3O3/c1-15-5-9-21(10-6-15)31-26(33)23(28)24(27(31)34)30-22-14-19(8-7-18(22)4)25(32)29-20-12-16(2)11-17(3)13-20/h5-14,30H,1-4H3,(H,29,32). The van der Waals surface area contributed by atoms with E-state index in [9.17, 15) is 14.4 Å². The molecular weight excluding hydrogens is 450 g/mol. The Labute approximate surface area is 203 Å². The van der Waals surface area contributed by atoms with Gasteiger partial charge in [-0.1, -0.05) is 41.4 Å². The maximum atomic E-state index is 13.1. The lowest BCUT2D eigenvalue weighted by atomic mass is 10.1. The SMILES string of the molecule is Cc1ccc(N2C(=O)C(Cl)=C(Nc3cc(C(=O)Nc4cc(C)cc(C)c4)ccc3C)C2=O)cc1. The Hall–Kier alpha value is -3.90. The average molecular weight is 474 g/mol. The molecule has 172 valence electrons. The van der Waals surface area contributed by atoms with Crippen LogP contribution < -0.4 is 15.5 Å². The Morgan fingerprint density at radius 3 is 2.09 bits per heavy atom. The smallest absolute Gasteiger partial charge is 0.283 e. The molecule has 7 heteroatoms. The third-order valence-corrected chi connectivity index (χ3v) is 5.91. The predicted molar refractivity (Wildman–Crippen MR) is 135 cm³/mol. The number of amides is 3. The molecule has 0 bridgehead atoms. The van der Waals surface area contributed by atoms with Crippen LogP contribution >= 0.6 is 11.6 Å². The summed E-state index contributed by atoms with van der Waals surface area (Å²) in [5, 5.41) is 5.69. The van der Waals surface area contributed by atoms with Crippen molar-refractivity contribution in [2.24, 2.45) is 0 Å². The van der Waals surface area contributed by atoms with E-state index in [0.29, 0.717) is 22.6 Å². The zero-order valence-electron chi connectivity index (χ0n) is 19.3. The third-order valence-electron chi connectivity index (χ3n) is 5.56. The lowest BCUT2D eigenvalue weighted by Crippen LogP contribution is -2.32. The summed E-state index contributed by atoms with van der Waals surface area (Å²) in [4.78, 5) is 39.7. The van der Waals surface area contributed by atoms with Crippen molar-refractivity contribution in [2.75, 3.05) is 15.5 Å². The largest absolute Gasteiger partial charge is 0.349 e. The van der Waals surface area contributed by atoms with Crippen LogP contribution in [0.2, 0.25) is 0 Å². The second kappa shape index (κ2) is 9.15. The van der Waals surface area contributed by atoms with Gasteiger partial charge in [0.2, 0.25) is 0 Å². The van der Waals surface area contributed by atoms with E-state index in [1.807, 2.05) is 58.0 Å². The van der Waals surface area contributed by atoms with Crippen molar-refractivity contribution >= 4 is 46.4 Å². The molecule has 1 heterocycles. The van der Waals surface area contributed by atoms with E-state index < -0.39 is 11.8 Å². The molecular formula is C27H24ClN3O3. The lowest BCUT2D eigenvalue weighted by Gasteiger charge is -2.16. The Balaban J connectivity index is 1.58. The Morgan fingerprint density at radius 1 is 0.794 bits per heavy atom. The molecule has 1 aliphatic rings. The van der Waals surface area contributed by atoms with E-state index in [0.717, 1.165) is 27.2 Å². The molecule has 0 spiro atoms. The number of imide groups is 1. The number of nitrogens with zero attached hydrogens (tertiary/aromatic N) is 1. The van der Waals surface area contributed by atoms with Crippen molar-refractivity contribution in [3.05, 3.63) is 99.2 Å². The number of rotatable bonds is 5. The van der Waals surface area contributed by atoms with E-state index in [2.05, 4.69) is 10.6 Å². The molecule has 1 aliphatic heterocycles. The molecule has 0 radical (unpaired) electrons. The fourth-order valence-corrected chi connectivity index (χ4v) is 4.03. The van der Waals surface area contributed by atoms with E-state index in [-0.39, 0.29) is 16.6 Å². The van der Waals surface area contributed by atoms with Crippen LogP contribution in [0.25, 0.3) is 0 Å². The number of carbonyl (C=O) groups is 3. The summed E-state index contributed by atoms with van der Waals surface area (Å²) in [7, 11) is 0.